The maximum atomic E-state index is 12.5. The minimum absolute atomic E-state index is 0.0779. The van der Waals surface area contributed by atoms with E-state index in [2.05, 4.69) is 27.3 Å². The highest BCUT2D eigenvalue weighted by Gasteiger charge is 2.51. The molecule has 0 unspecified atom stereocenters. The van der Waals surface area contributed by atoms with E-state index in [0.717, 1.165) is 45.2 Å². The van der Waals surface area contributed by atoms with E-state index >= 15 is 0 Å². The van der Waals surface area contributed by atoms with Gasteiger partial charge < -0.3 is 9.84 Å². The van der Waals surface area contributed by atoms with Crippen molar-refractivity contribution in [3.8, 4) is 0 Å². The Morgan fingerprint density at radius 2 is 2.20 bits per heavy atom. The number of hydrogen-bond donors (Lipinski definition) is 1. The molecule has 2 aliphatic heterocycles. The Morgan fingerprint density at radius 3 is 2.88 bits per heavy atom. The van der Waals surface area contributed by atoms with Gasteiger partial charge in [-0.1, -0.05) is 18.5 Å². The second kappa shape index (κ2) is 7.11. The molecule has 1 aromatic heterocycles. The van der Waals surface area contributed by atoms with Crippen molar-refractivity contribution in [3.63, 3.8) is 0 Å². The Labute approximate surface area is 147 Å². The van der Waals surface area contributed by atoms with Crippen molar-refractivity contribution in [1.29, 1.82) is 0 Å². The molecule has 0 spiro atoms. The average molecular weight is 349 g/mol. The van der Waals surface area contributed by atoms with Crippen LogP contribution in [0.5, 0.6) is 0 Å². The Kier molecular flexibility index (Phi) is 5.08. The normalized spacial score (nSPS) is 27.8. The van der Waals surface area contributed by atoms with E-state index in [1.54, 1.807) is 0 Å². The van der Waals surface area contributed by atoms with Crippen LogP contribution in [0.3, 0.4) is 0 Å². The van der Waals surface area contributed by atoms with E-state index in [9.17, 15) is 9.59 Å². The van der Waals surface area contributed by atoms with Gasteiger partial charge in [0.25, 0.3) is 5.91 Å². The van der Waals surface area contributed by atoms with Gasteiger partial charge in [0.15, 0.2) is 5.82 Å². The number of piperidine rings is 1. The molecule has 2 saturated heterocycles. The molecule has 3 amide bonds. The standard InChI is InChI=1S/C17H27N5O3/c1-4-5-8-14-18-13(20-25-14)11-22-9-6-7-12(10-22)17(2)15(23)21(3)16(24)19-17/h12H,4-11H2,1-3H3,(H,19,24)/t12-,17+/m0/s1. The minimum Gasteiger partial charge on any atom is -0.339 e. The predicted molar refractivity (Wildman–Crippen MR) is 90.6 cm³/mol. The lowest BCUT2D eigenvalue weighted by Gasteiger charge is -2.39. The van der Waals surface area contributed by atoms with Crippen LogP contribution in [0.15, 0.2) is 4.52 Å². The average Bonchev–Trinajstić information content (AvgIpc) is 3.13. The number of nitrogens with zero attached hydrogens (tertiary/aromatic N) is 4. The molecule has 0 radical (unpaired) electrons. The fraction of sp³-hybridized carbons (Fsp3) is 0.765. The van der Waals surface area contributed by atoms with Gasteiger partial charge in [-0.15, -0.1) is 0 Å². The molecule has 1 aromatic rings. The number of urea groups is 1. The first-order chi connectivity index (χ1) is 11.9. The molecule has 3 rings (SSSR count). The number of nitrogens with one attached hydrogen (secondary N) is 1. The van der Waals surface area contributed by atoms with Crippen LogP contribution in [0.4, 0.5) is 4.79 Å². The van der Waals surface area contributed by atoms with Gasteiger partial charge in [-0.3, -0.25) is 14.6 Å². The molecule has 25 heavy (non-hydrogen) atoms. The number of hydrogen-bond acceptors (Lipinski definition) is 6. The van der Waals surface area contributed by atoms with Gasteiger partial charge in [-0.05, 0) is 32.7 Å². The summed E-state index contributed by atoms with van der Waals surface area (Å²) in [6.07, 6.45) is 4.85. The van der Waals surface area contributed by atoms with Crippen LogP contribution >= 0.6 is 0 Å². The second-order valence-electron chi connectivity index (χ2n) is 7.28. The van der Waals surface area contributed by atoms with E-state index in [1.807, 2.05) is 6.92 Å². The zero-order chi connectivity index (χ0) is 18.0. The molecule has 0 saturated carbocycles. The molecule has 8 nitrogen and oxygen atoms in total. The summed E-state index contributed by atoms with van der Waals surface area (Å²) in [6, 6.07) is -0.316. The van der Waals surface area contributed by atoms with Crippen LogP contribution in [0.2, 0.25) is 0 Å². The van der Waals surface area contributed by atoms with Crippen LogP contribution in [0, 0.1) is 5.92 Å². The Balaban J connectivity index is 1.62. The van der Waals surface area contributed by atoms with Gasteiger partial charge in [0.05, 0.1) is 6.54 Å². The third-order valence-corrected chi connectivity index (χ3v) is 5.36. The van der Waals surface area contributed by atoms with E-state index in [0.29, 0.717) is 18.3 Å². The topological polar surface area (TPSA) is 91.6 Å². The third kappa shape index (κ3) is 3.53. The molecule has 0 bridgehead atoms. The highest BCUT2D eigenvalue weighted by molar-refractivity contribution is 6.06. The van der Waals surface area contributed by atoms with Crippen LogP contribution in [-0.4, -0.2) is 57.6 Å². The second-order valence-corrected chi connectivity index (χ2v) is 7.28. The Bertz CT molecular complexity index is 646. The molecule has 2 aliphatic rings. The summed E-state index contributed by atoms with van der Waals surface area (Å²) in [5.41, 5.74) is -0.825. The number of likely N-dealkylation sites (N-methyl/N-ethyl adjacent to an activating group) is 1. The first-order valence-electron chi connectivity index (χ1n) is 9.08. The maximum Gasteiger partial charge on any atom is 0.324 e. The smallest absolute Gasteiger partial charge is 0.324 e. The molecule has 0 aromatic carbocycles. The number of aromatic nitrogens is 2. The molecule has 0 aliphatic carbocycles. The molecule has 138 valence electrons. The lowest BCUT2D eigenvalue weighted by Crippen LogP contribution is -2.55. The van der Waals surface area contributed by atoms with Gasteiger partial charge in [-0.2, -0.15) is 4.98 Å². The van der Waals surface area contributed by atoms with E-state index in [4.69, 9.17) is 4.52 Å². The lowest BCUT2D eigenvalue weighted by molar-refractivity contribution is -0.132. The molecule has 3 heterocycles. The summed E-state index contributed by atoms with van der Waals surface area (Å²) >= 11 is 0. The number of rotatable bonds is 6. The zero-order valence-corrected chi connectivity index (χ0v) is 15.2. The van der Waals surface area contributed by atoms with Crippen LogP contribution in [0.25, 0.3) is 0 Å². The molecular weight excluding hydrogens is 322 g/mol. The van der Waals surface area contributed by atoms with Gasteiger partial charge in [0.1, 0.15) is 5.54 Å². The summed E-state index contributed by atoms with van der Waals surface area (Å²) < 4.78 is 5.29. The van der Waals surface area contributed by atoms with Crippen molar-refractivity contribution >= 4 is 11.9 Å². The predicted octanol–water partition coefficient (Wildman–Crippen LogP) is 1.56. The number of likely N-dealkylation sites (tertiary alicyclic amines) is 1. The molecule has 2 fully saturated rings. The van der Waals surface area contributed by atoms with Crippen molar-refractivity contribution in [2.45, 2.75) is 58.0 Å². The summed E-state index contributed by atoms with van der Waals surface area (Å²) in [5.74, 6) is 1.31. The summed E-state index contributed by atoms with van der Waals surface area (Å²) in [6.45, 7) is 6.24. The third-order valence-electron chi connectivity index (χ3n) is 5.36. The summed E-state index contributed by atoms with van der Waals surface area (Å²) in [7, 11) is 1.53. The van der Waals surface area contributed by atoms with Gasteiger partial charge in [0.2, 0.25) is 5.89 Å². The molecule has 8 heteroatoms. The van der Waals surface area contributed by atoms with Crippen LogP contribution in [0.1, 0.15) is 51.2 Å². The highest BCUT2D eigenvalue weighted by atomic mass is 16.5. The molecular formula is C17H27N5O3. The van der Waals surface area contributed by atoms with Crippen molar-refractivity contribution in [2.75, 3.05) is 20.1 Å². The highest BCUT2D eigenvalue weighted by Crippen LogP contribution is 2.32. The Hall–Kier alpha value is -1.96. The minimum atomic E-state index is -0.825. The Morgan fingerprint density at radius 1 is 1.40 bits per heavy atom. The fourth-order valence-corrected chi connectivity index (χ4v) is 3.73. The SMILES string of the molecule is CCCCc1nc(CN2CCC[C@H]([C@@]3(C)NC(=O)N(C)C3=O)C2)no1. The summed E-state index contributed by atoms with van der Waals surface area (Å²) in [5, 5.41) is 6.94. The van der Waals surface area contributed by atoms with Crippen molar-refractivity contribution < 1.29 is 14.1 Å². The number of aryl methyl sites for hydroxylation is 1. The zero-order valence-electron chi connectivity index (χ0n) is 15.2. The van der Waals surface area contributed by atoms with Crippen molar-refractivity contribution in [3.05, 3.63) is 11.7 Å². The maximum absolute atomic E-state index is 12.5. The van der Waals surface area contributed by atoms with Gasteiger partial charge in [-0.25, -0.2) is 4.79 Å². The quantitative estimate of drug-likeness (QED) is 0.784. The van der Waals surface area contributed by atoms with Crippen molar-refractivity contribution in [2.24, 2.45) is 5.92 Å². The van der Waals surface area contributed by atoms with E-state index < -0.39 is 5.54 Å². The largest absolute Gasteiger partial charge is 0.339 e. The van der Waals surface area contributed by atoms with Crippen molar-refractivity contribution in [1.82, 2.24) is 25.3 Å². The number of unbranched alkanes of at least 4 members (excludes halogenated alkanes) is 1. The van der Waals surface area contributed by atoms with Crippen LogP contribution < -0.4 is 5.32 Å². The number of carbonyl (C=O) groups is 2. The number of amides is 3. The number of imide groups is 1. The molecule has 2 atom stereocenters. The fourth-order valence-electron chi connectivity index (χ4n) is 3.73. The van der Waals surface area contributed by atoms with Crippen LogP contribution in [-0.2, 0) is 17.8 Å². The monoisotopic (exact) mass is 349 g/mol. The van der Waals surface area contributed by atoms with E-state index in [-0.39, 0.29) is 17.9 Å². The lowest BCUT2D eigenvalue weighted by atomic mass is 9.80. The first-order valence-corrected chi connectivity index (χ1v) is 9.08. The number of carbonyl (C=O) groups excluding carboxylic acids is 2. The van der Waals surface area contributed by atoms with Gasteiger partial charge in [0, 0.05) is 25.9 Å². The van der Waals surface area contributed by atoms with Gasteiger partial charge >= 0.3 is 6.03 Å². The summed E-state index contributed by atoms with van der Waals surface area (Å²) in [4.78, 5) is 32.2. The molecule has 1 N–H and O–H groups in total. The first kappa shape index (κ1) is 17.8. The van der Waals surface area contributed by atoms with E-state index in [1.165, 1.54) is 11.9 Å².